The largest absolute Gasteiger partial charge is 0.340 e. The molecule has 2 amide bonds. The second kappa shape index (κ2) is 8.39. The molecule has 1 aromatic carbocycles. The van der Waals surface area contributed by atoms with Gasteiger partial charge in [-0.3, -0.25) is 9.59 Å². The average Bonchev–Trinajstić information content (AvgIpc) is 3.15. The molecule has 0 spiro atoms. The van der Waals surface area contributed by atoms with Gasteiger partial charge in [-0.2, -0.15) is 0 Å². The summed E-state index contributed by atoms with van der Waals surface area (Å²) >= 11 is 0. The Hall–Kier alpha value is -2.63. The lowest BCUT2D eigenvalue weighted by Gasteiger charge is -2.29. The Morgan fingerprint density at radius 3 is 2.69 bits per heavy atom. The van der Waals surface area contributed by atoms with Gasteiger partial charge < -0.3 is 14.4 Å². The summed E-state index contributed by atoms with van der Waals surface area (Å²) in [6, 6.07) is 8.30. The van der Waals surface area contributed by atoms with Crippen molar-refractivity contribution in [3.05, 3.63) is 52.6 Å². The van der Waals surface area contributed by atoms with Crippen molar-refractivity contribution >= 4 is 11.8 Å². The highest BCUT2D eigenvalue weighted by Gasteiger charge is 2.31. The van der Waals surface area contributed by atoms with Gasteiger partial charge in [0.15, 0.2) is 5.82 Å². The van der Waals surface area contributed by atoms with Crippen LogP contribution in [0.2, 0.25) is 0 Å². The molecule has 0 N–H and O–H groups in total. The summed E-state index contributed by atoms with van der Waals surface area (Å²) < 4.78 is 2.01. The number of hydrogen-bond acceptors (Lipinski definition) is 3. The first-order valence-electron chi connectivity index (χ1n) is 10.8. The Morgan fingerprint density at radius 1 is 1.10 bits per heavy atom. The van der Waals surface area contributed by atoms with Gasteiger partial charge >= 0.3 is 0 Å². The topological polar surface area (TPSA) is 58.4 Å². The second-order valence-corrected chi connectivity index (χ2v) is 8.17. The first-order valence-corrected chi connectivity index (χ1v) is 10.8. The van der Waals surface area contributed by atoms with Gasteiger partial charge in [0.25, 0.3) is 11.8 Å². The first kappa shape index (κ1) is 19.7. The number of amides is 2. The highest BCUT2D eigenvalue weighted by molar-refractivity contribution is 5.97. The molecule has 0 fully saturated rings. The third kappa shape index (κ3) is 3.80. The van der Waals surface area contributed by atoms with E-state index in [1.54, 1.807) is 4.90 Å². The third-order valence-corrected chi connectivity index (χ3v) is 6.12. The van der Waals surface area contributed by atoms with E-state index in [9.17, 15) is 9.59 Å². The molecule has 4 rings (SSSR count). The van der Waals surface area contributed by atoms with Gasteiger partial charge in [-0.05, 0) is 43.2 Å². The standard InChI is InChI=1S/C23H30N4O2/c1-3-4-13-25(2)22(28)20-19-11-7-8-14-27(19)21(24-20)23(29)26-15-12-17-9-5-6-10-18(17)16-26/h5-6,9-10H,3-4,7-8,11-16H2,1-2H3. The summed E-state index contributed by atoms with van der Waals surface area (Å²) in [5.41, 5.74) is 3.93. The highest BCUT2D eigenvalue weighted by atomic mass is 16.2. The van der Waals surface area contributed by atoms with Crippen LogP contribution in [0.3, 0.4) is 0 Å². The van der Waals surface area contributed by atoms with Crippen LogP contribution in [0.4, 0.5) is 0 Å². The molecular formula is C23H30N4O2. The number of imidazole rings is 1. The van der Waals surface area contributed by atoms with Gasteiger partial charge in [0.1, 0.15) is 5.69 Å². The minimum atomic E-state index is -0.0628. The minimum absolute atomic E-state index is 0.0575. The molecule has 0 aliphatic carbocycles. The normalized spacial score (nSPS) is 15.6. The molecule has 0 radical (unpaired) electrons. The maximum atomic E-state index is 13.4. The van der Waals surface area contributed by atoms with Crippen LogP contribution in [0.5, 0.6) is 0 Å². The van der Waals surface area contributed by atoms with E-state index >= 15 is 0 Å². The van der Waals surface area contributed by atoms with E-state index in [-0.39, 0.29) is 11.8 Å². The lowest BCUT2D eigenvalue weighted by molar-refractivity contribution is 0.0716. The van der Waals surface area contributed by atoms with Crippen LogP contribution >= 0.6 is 0 Å². The molecular weight excluding hydrogens is 364 g/mol. The fourth-order valence-corrected chi connectivity index (χ4v) is 4.37. The molecule has 3 heterocycles. The van der Waals surface area contributed by atoms with Gasteiger partial charge in [0.2, 0.25) is 0 Å². The first-order chi connectivity index (χ1) is 14.1. The van der Waals surface area contributed by atoms with E-state index in [1.165, 1.54) is 11.1 Å². The Morgan fingerprint density at radius 2 is 1.90 bits per heavy atom. The summed E-state index contributed by atoms with van der Waals surface area (Å²) in [5.74, 6) is 0.316. The fraction of sp³-hybridized carbons (Fsp3) is 0.522. The molecule has 29 heavy (non-hydrogen) atoms. The van der Waals surface area contributed by atoms with Gasteiger partial charge in [-0.25, -0.2) is 4.98 Å². The molecule has 2 aromatic rings. The van der Waals surface area contributed by atoms with Crippen LogP contribution in [0.1, 0.15) is 70.5 Å². The summed E-state index contributed by atoms with van der Waals surface area (Å²) in [6.07, 6.45) is 5.74. The monoisotopic (exact) mass is 394 g/mol. The predicted molar refractivity (Wildman–Crippen MR) is 112 cm³/mol. The summed E-state index contributed by atoms with van der Waals surface area (Å²) in [4.78, 5) is 34.7. The van der Waals surface area contributed by atoms with E-state index in [2.05, 4.69) is 24.0 Å². The van der Waals surface area contributed by atoms with Crippen molar-refractivity contribution < 1.29 is 9.59 Å². The van der Waals surface area contributed by atoms with E-state index < -0.39 is 0 Å². The number of fused-ring (bicyclic) bond motifs is 2. The third-order valence-electron chi connectivity index (χ3n) is 6.12. The highest BCUT2D eigenvalue weighted by Crippen LogP contribution is 2.25. The van der Waals surface area contributed by atoms with Crippen LogP contribution < -0.4 is 0 Å². The maximum absolute atomic E-state index is 13.4. The molecule has 0 saturated heterocycles. The van der Waals surface area contributed by atoms with Crippen LogP contribution in [-0.4, -0.2) is 51.3 Å². The van der Waals surface area contributed by atoms with Gasteiger partial charge in [-0.1, -0.05) is 37.6 Å². The molecule has 0 bridgehead atoms. The second-order valence-electron chi connectivity index (χ2n) is 8.17. The molecule has 0 unspecified atom stereocenters. The molecule has 6 heteroatoms. The molecule has 2 aliphatic rings. The molecule has 0 saturated carbocycles. The molecule has 154 valence electrons. The Labute approximate surface area is 172 Å². The fourth-order valence-electron chi connectivity index (χ4n) is 4.37. The van der Waals surface area contributed by atoms with Gasteiger partial charge in [0.05, 0.1) is 5.69 Å². The van der Waals surface area contributed by atoms with E-state index in [0.29, 0.717) is 31.2 Å². The summed E-state index contributed by atoms with van der Waals surface area (Å²) in [6.45, 7) is 4.90. The molecule has 0 atom stereocenters. The van der Waals surface area contributed by atoms with E-state index in [4.69, 9.17) is 0 Å². The van der Waals surface area contributed by atoms with Crippen molar-refractivity contribution in [3.8, 4) is 0 Å². The lowest BCUT2D eigenvalue weighted by Crippen LogP contribution is -2.37. The van der Waals surface area contributed by atoms with E-state index in [0.717, 1.165) is 50.8 Å². The van der Waals surface area contributed by atoms with Crippen LogP contribution in [-0.2, 0) is 25.9 Å². The van der Waals surface area contributed by atoms with Crippen molar-refractivity contribution in [3.63, 3.8) is 0 Å². The Bertz CT molecular complexity index is 918. The molecule has 1 aromatic heterocycles. The maximum Gasteiger partial charge on any atom is 0.290 e. The van der Waals surface area contributed by atoms with Crippen LogP contribution in [0.15, 0.2) is 24.3 Å². The Balaban J connectivity index is 1.61. The number of carbonyl (C=O) groups is 2. The lowest BCUT2D eigenvalue weighted by atomic mass is 10.00. The number of benzene rings is 1. The number of unbranched alkanes of at least 4 members (excludes halogenated alkanes) is 1. The summed E-state index contributed by atoms with van der Waals surface area (Å²) in [5, 5.41) is 0. The smallest absolute Gasteiger partial charge is 0.290 e. The summed E-state index contributed by atoms with van der Waals surface area (Å²) in [7, 11) is 1.83. The van der Waals surface area contributed by atoms with Crippen molar-refractivity contribution in [1.82, 2.24) is 19.4 Å². The van der Waals surface area contributed by atoms with Crippen molar-refractivity contribution in [2.75, 3.05) is 20.1 Å². The number of rotatable bonds is 5. The number of aromatic nitrogens is 2. The molecule has 2 aliphatic heterocycles. The zero-order valence-corrected chi connectivity index (χ0v) is 17.5. The SMILES string of the molecule is CCCCN(C)C(=O)c1nc(C(=O)N2CCc3ccccc3C2)n2c1CCCC2. The quantitative estimate of drug-likeness (QED) is 0.782. The minimum Gasteiger partial charge on any atom is -0.340 e. The van der Waals surface area contributed by atoms with Crippen LogP contribution in [0, 0.1) is 0 Å². The van der Waals surface area contributed by atoms with Gasteiger partial charge in [0, 0.05) is 33.2 Å². The number of carbonyl (C=O) groups excluding carboxylic acids is 2. The number of hydrogen-bond donors (Lipinski definition) is 0. The van der Waals surface area contributed by atoms with Crippen molar-refractivity contribution in [2.45, 2.75) is 58.5 Å². The molecule has 6 nitrogen and oxygen atoms in total. The van der Waals surface area contributed by atoms with E-state index in [1.807, 2.05) is 28.6 Å². The number of nitrogens with zero attached hydrogens (tertiary/aromatic N) is 4. The average molecular weight is 395 g/mol. The zero-order valence-electron chi connectivity index (χ0n) is 17.5. The zero-order chi connectivity index (χ0) is 20.4. The predicted octanol–water partition coefficient (Wildman–Crippen LogP) is 3.29. The van der Waals surface area contributed by atoms with Crippen molar-refractivity contribution in [2.24, 2.45) is 0 Å². The van der Waals surface area contributed by atoms with Gasteiger partial charge in [-0.15, -0.1) is 0 Å². The Kier molecular flexibility index (Phi) is 5.69. The van der Waals surface area contributed by atoms with Crippen molar-refractivity contribution in [1.29, 1.82) is 0 Å². The van der Waals surface area contributed by atoms with Crippen LogP contribution in [0.25, 0.3) is 0 Å².